The molecule has 7 aliphatic rings. The third-order valence-electron chi connectivity index (χ3n) is 24.3. The summed E-state index contributed by atoms with van der Waals surface area (Å²) in [5.74, 6) is 0.0939. The number of esters is 3. The van der Waals surface area contributed by atoms with E-state index in [9.17, 15) is 14.4 Å². The van der Waals surface area contributed by atoms with E-state index in [4.69, 9.17) is 52.1 Å². The second-order valence-corrected chi connectivity index (χ2v) is 46.8. The van der Waals surface area contributed by atoms with Gasteiger partial charge in [-0.05, 0) is 306 Å². The number of aryl methyl sites for hydroxylation is 2. The first-order valence-corrected chi connectivity index (χ1v) is 46.7. The van der Waals surface area contributed by atoms with Gasteiger partial charge in [-0.2, -0.15) is 0 Å². The quantitative estimate of drug-likeness (QED) is 0.0143. The third-order valence-corrected chi connectivity index (χ3v) is 24.3. The van der Waals surface area contributed by atoms with Crippen LogP contribution in [0.15, 0.2) is 36.4 Å². The van der Waals surface area contributed by atoms with Crippen LogP contribution in [0.25, 0.3) is 0 Å². The zero-order valence-electron chi connectivity index (χ0n) is 80.8. The van der Waals surface area contributed by atoms with Crippen LogP contribution in [0.5, 0.6) is 23.0 Å². The van der Waals surface area contributed by atoms with Gasteiger partial charge >= 0.3 is 17.9 Å². The molecule has 7 heterocycles. The standard InChI is InChI=1S/C67H116N4O8.C32H57N3O6/c1-60(2)42-56(43-61(3,4)68-60)76-32-22-28-72-52-36-50(37-53(40-52)73-29-23-33-77-57-44-62(5,6)69-63(7,8)45-57)26-20-18-17-19-21-27-51-38-54(74-30-24-34-78-58-46-64(9,10)70-65(11,12)47-58)41-55(39-51)75-31-25-35-79-59-48-66(13,14)71-67(15,16)49-59;1-27(2)14-20(15-28(3,4)33-27)39-24(36)13-23(25(37)40-21-16-29(5,6)34-30(7,8)17-21)26(38)41-22-18-31(9,10)35-32(11,12)19-22/h36-41,56-59,68-71H,17-35,42-49H2,1-16H3;20-23,33-35H,13-19H2,1-12H3. The van der Waals surface area contributed by atoms with Crippen molar-refractivity contribution in [2.75, 3.05) is 52.9 Å². The minimum absolute atomic E-state index is 0.0645. The van der Waals surface area contributed by atoms with Gasteiger partial charge in [-0.1, -0.05) is 19.3 Å². The Labute approximate surface area is 728 Å². The fraction of sp³-hybridized carbons (Fsp3) is 0.848. The molecule has 688 valence electrons. The van der Waals surface area contributed by atoms with Crippen molar-refractivity contribution in [1.82, 2.24) is 37.2 Å². The van der Waals surface area contributed by atoms with Crippen molar-refractivity contribution in [2.45, 2.75) is 481 Å². The Morgan fingerprint density at radius 1 is 0.258 bits per heavy atom. The first kappa shape index (κ1) is 101. The van der Waals surface area contributed by atoms with Gasteiger partial charge in [0, 0.05) is 154 Å². The molecule has 0 spiro atoms. The summed E-state index contributed by atoms with van der Waals surface area (Å²) in [5.41, 5.74) is 1.62. The van der Waals surface area contributed by atoms with Gasteiger partial charge in [0.25, 0.3) is 0 Å². The smallest absolute Gasteiger partial charge is 0.321 e. The molecule has 120 heavy (non-hydrogen) atoms. The molecule has 2 aromatic rings. The molecule has 0 bridgehead atoms. The van der Waals surface area contributed by atoms with E-state index >= 15 is 0 Å². The van der Waals surface area contributed by atoms with E-state index in [-0.39, 0.29) is 120 Å². The topological polar surface area (TPSA) is 237 Å². The molecule has 0 saturated carbocycles. The van der Waals surface area contributed by atoms with Crippen molar-refractivity contribution in [1.29, 1.82) is 0 Å². The van der Waals surface area contributed by atoms with Gasteiger partial charge in [-0.25, -0.2) is 0 Å². The summed E-state index contributed by atoms with van der Waals surface area (Å²) in [5, 5.41) is 25.8. The van der Waals surface area contributed by atoms with Crippen LogP contribution in [0.4, 0.5) is 0 Å². The van der Waals surface area contributed by atoms with Crippen molar-refractivity contribution < 1.29 is 66.5 Å². The van der Waals surface area contributed by atoms with Crippen LogP contribution in [0.3, 0.4) is 0 Å². The highest BCUT2D eigenvalue weighted by atomic mass is 16.6. The zero-order chi connectivity index (χ0) is 88.8. The SMILES string of the molecule is CC1(C)CC(OC(=O)CC(C(=O)OC2CC(C)(C)NC(C)(C)C2)C(=O)OC2CC(C)(C)NC(C)(C)C2)CC(C)(C)N1.CC1(C)CC(OCCCOc2cc(CCCCCCCc3cc(OCCCOC4CC(C)(C)NC(C)(C)C4)cc(OCCCOC4CC(C)(C)NC(C)(C)C4)c3)cc(OCCCOC3CC(C)(C)NC(C)(C)C3)c2)CC(C)(C)N1. The molecule has 7 saturated heterocycles. The Morgan fingerprint density at radius 2 is 0.450 bits per heavy atom. The number of ether oxygens (including phenoxy) is 11. The molecule has 2 aromatic carbocycles. The molecule has 21 heteroatoms. The molecule has 0 radical (unpaired) electrons. The van der Waals surface area contributed by atoms with Crippen molar-refractivity contribution in [2.24, 2.45) is 5.92 Å². The predicted octanol–water partition coefficient (Wildman–Crippen LogP) is 18.4. The number of hydrogen-bond donors (Lipinski definition) is 7. The lowest BCUT2D eigenvalue weighted by molar-refractivity contribution is -0.177. The van der Waals surface area contributed by atoms with Crippen LogP contribution >= 0.6 is 0 Å². The van der Waals surface area contributed by atoms with Crippen LogP contribution in [0.2, 0.25) is 0 Å². The number of hydrogen-bond acceptors (Lipinski definition) is 21. The normalized spacial score (nSPS) is 24.1. The minimum Gasteiger partial charge on any atom is -0.493 e. The van der Waals surface area contributed by atoms with Gasteiger partial charge in [0.05, 0.1) is 83.7 Å². The van der Waals surface area contributed by atoms with Gasteiger partial charge in [-0.3, -0.25) is 14.4 Å². The highest BCUT2D eigenvalue weighted by molar-refractivity contribution is 5.98. The molecule has 21 nitrogen and oxygen atoms in total. The predicted molar refractivity (Wildman–Crippen MR) is 484 cm³/mol. The van der Waals surface area contributed by atoms with E-state index in [1.54, 1.807) is 0 Å². The molecule has 0 aliphatic carbocycles. The van der Waals surface area contributed by atoms with Crippen LogP contribution in [0, 0.1) is 5.92 Å². The molecular formula is C99H173N7O14. The molecule has 0 aromatic heterocycles. The lowest BCUT2D eigenvalue weighted by Gasteiger charge is -2.46. The van der Waals surface area contributed by atoms with E-state index in [0.717, 1.165) is 126 Å². The van der Waals surface area contributed by atoms with E-state index in [1.807, 2.05) is 0 Å². The molecular weight excluding hydrogens is 1510 g/mol. The maximum absolute atomic E-state index is 13.6. The molecule has 0 unspecified atom stereocenters. The van der Waals surface area contributed by atoms with E-state index in [2.05, 4.69) is 267 Å². The van der Waals surface area contributed by atoms with E-state index < -0.39 is 30.2 Å². The van der Waals surface area contributed by atoms with Gasteiger partial charge in [0.2, 0.25) is 0 Å². The molecule has 0 amide bonds. The summed E-state index contributed by atoms with van der Waals surface area (Å²) < 4.78 is 69.2. The number of unbranched alkanes of at least 4 members (excludes halogenated alkanes) is 4. The summed E-state index contributed by atoms with van der Waals surface area (Å²) in [7, 11) is 0. The fourth-order valence-corrected chi connectivity index (χ4v) is 22.5. The minimum atomic E-state index is -1.38. The maximum Gasteiger partial charge on any atom is 0.321 e. The average molecular weight is 1690 g/mol. The largest absolute Gasteiger partial charge is 0.493 e. The highest BCUT2D eigenvalue weighted by Crippen LogP contribution is 2.40. The Hall–Kier alpha value is -4.39. The number of benzene rings is 2. The Balaban J connectivity index is 0.000000366. The first-order chi connectivity index (χ1) is 55.3. The van der Waals surface area contributed by atoms with E-state index in [1.165, 1.54) is 30.4 Å². The summed E-state index contributed by atoms with van der Waals surface area (Å²) in [6, 6.07) is 13.0. The van der Waals surface area contributed by atoms with E-state index in [0.29, 0.717) is 91.4 Å². The summed E-state index contributed by atoms with van der Waals surface area (Å²) in [6.07, 6.45) is 22.4. The van der Waals surface area contributed by atoms with Gasteiger partial charge in [0.1, 0.15) is 41.3 Å². The van der Waals surface area contributed by atoms with Gasteiger partial charge in [0.15, 0.2) is 5.92 Å². The number of nitrogens with one attached hydrogen (secondary N) is 7. The Morgan fingerprint density at radius 3 is 0.667 bits per heavy atom. The summed E-state index contributed by atoms with van der Waals surface area (Å²) >= 11 is 0. The number of carbonyl (C=O) groups is 3. The van der Waals surface area contributed by atoms with Crippen molar-refractivity contribution >= 4 is 17.9 Å². The van der Waals surface area contributed by atoms with Crippen LogP contribution < -0.4 is 56.2 Å². The zero-order valence-corrected chi connectivity index (χ0v) is 80.8. The van der Waals surface area contributed by atoms with Gasteiger partial charge < -0.3 is 89.3 Å². The number of rotatable bonds is 39. The molecule has 9 rings (SSSR count). The summed E-state index contributed by atoms with van der Waals surface area (Å²) in [4.78, 5) is 40.5. The maximum atomic E-state index is 13.6. The lowest BCUT2D eigenvalue weighted by atomic mass is 9.80. The highest BCUT2D eigenvalue weighted by Gasteiger charge is 2.48. The molecule has 0 atom stereocenters. The number of carbonyl (C=O) groups excluding carboxylic acids is 3. The van der Waals surface area contributed by atoms with Crippen LogP contribution in [-0.2, 0) is 60.4 Å². The third kappa shape index (κ3) is 36.9. The lowest BCUT2D eigenvalue weighted by Crippen LogP contribution is -2.60. The van der Waals surface area contributed by atoms with Crippen molar-refractivity contribution in [3.8, 4) is 23.0 Å². The Kier molecular flexibility index (Phi) is 35.0. The first-order valence-electron chi connectivity index (χ1n) is 46.7. The fourth-order valence-electron chi connectivity index (χ4n) is 22.5. The summed E-state index contributed by atoms with van der Waals surface area (Å²) in [6.45, 7) is 66.5. The Bertz CT molecular complexity index is 3110. The van der Waals surface area contributed by atoms with Crippen LogP contribution in [-0.4, -0.2) is 191 Å². The number of piperidine rings is 7. The van der Waals surface area contributed by atoms with Crippen LogP contribution in [0.1, 0.15) is 359 Å². The molecule has 7 aliphatic heterocycles. The second-order valence-electron chi connectivity index (χ2n) is 46.8. The van der Waals surface area contributed by atoms with Crippen molar-refractivity contribution in [3.05, 3.63) is 47.5 Å². The van der Waals surface area contributed by atoms with Gasteiger partial charge in [-0.15, -0.1) is 0 Å². The average Bonchev–Trinajstić information content (AvgIpc) is 0.895. The second kappa shape index (κ2) is 41.6. The molecule has 7 fully saturated rings. The monoisotopic (exact) mass is 1680 g/mol. The van der Waals surface area contributed by atoms with Crippen molar-refractivity contribution in [3.63, 3.8) is 0 Å². The molecule has 7 N–H and O–H groups in total.